The summed E-state index contributed by atoms with van der Waals surface area (Å²) in [7, 11) is 2.67. The number of imide groups is 2. The highest BCUT2D eigenvalue weighted by Crippen LogP contribution is 2.36. The van der Waals surface area contributed by atoms with E-state index in [1.54, 1.807) is 18.2 Å². The molecule has 0 aliphatic carbocycles. The molecule has 4 amide bonds. The van der Waals surface area contributed by atoms with Crippen molar-refractivity contribution in [1.29, 1.82) is 0 Å². The lowest BCUT2D eigenvalue weighted by atomic mass is 10.1. The zero-order chi connectivity index (χ0) is 22.7. The molecule has 0 radical (unpaired) electrons. The van der Waals surface area contributed by atoms with Gasteiger partial charge in [-0.3, -0.25) is 19.4 Å². The van der Waals surface area contributed by atoms with Gasteiger partial charge in [0.2, 0.25) is 0 Å². The highest BCUT2D eigenvalue weighted by atomic mass is 127. The topological polar surface area (TPSA) is 76.2 Å². The first-order valence-electron chi connectivity index (χ1n) is 9.38. The summed E-state index contributed by atoms with van der Waals surface area (Å²) in [4.78, 5) is 38.7. The van der Waals surface area contributed by atoms with Crippen LogP contribution in [0.5, 0.6) is 11.5 Å². The maximum atomic E-state index is 12.5. The average molecular weight is 555 g/mol. The zero-order valence-electron chi connectivity index (χ0n) is 17.1. The normalized spacial score (nSPS) is 14.2. The van der Waals surface area contributed by atoms with Gasteiger partial charge in [-0.05, 0) is 59.4 Å². The van der Waals surface area contributed by atoms with E-state index < -0.39 is 17.8 Å². The fraction of sp³-hybridized carbons (Fsp3) is 0.227. The number of hydrogen-bond acceptors (Lipinski definition) is 5. The second-order valence-electron chi connectivity index (χ2n) is 6.71. The number of amides is 4. The summed E-state index contributed by atoms with van der Waals surface area (Å²) in [6.07, 6.45) is 1.45. The molecule has 9 heteroatoms. The third-order valence-corrected chi connectivity index (χ3v) is 5.79. The van der Waals surface area contributed by atoms with E-state index in [-0.39, 0.29) is 12.2 Å². The van der Waals surface area contributed by atoms with Gasteiger partial charge >= 0.3 is 6.03 Å². The van der Waals surface area contributed by atoms with Crippen LogP contribution in [-0.2, 0) is 16.2 Å². The number of likely N-dealkylation sites (N-methyl/N-ethyl adjacent to an activating group) is 2. The first-order chi connectivity index (χ1) is 14.7. The number of benzene rings is 2. The molecule has 0 atom stereocenters. The summed E-state index contributed by atoms with van der Waals surface area (Å²) in [6.45, 7) is 2.50. The lowest BCUT2D eigenvalue weighted by Crippen LogP contribution is -2.52. The fourth-order valence-corrected chi connectivity index (χ4v) is 3.95. The van der Waals surface area contributed by atoms with Crippen molar-refractivity contribution in [1.82, 2.24) is 9.80 Å². The third kappa shape index (κ3) is 4.85. The standard InChI is InChI=1S/C22H20ClIN2O5/c1-4-30-18-11-13(9-15-20(27)25(2)22(29)26(3)21(15)28)10-17(24)19(18)31-12-14-7-5-6-8-16(14)23/h5-11H,4,12H2,1-3H3. The summed E-state index contributed by atoms with van der Waals surface area (Å²) >= 11 is 8.32. The van der Waals surface area contributed by atoms with Crippen LogP contribution in [-0.4, -0.2) is 48.3 Å². The van der Waals surface area contributed by atoms with E-state index >= 15 is 0 Å². The van der Waals surface area contributed by atoms with Crippen molar-refractivity contribution in [3.8, 4) is 11.5 Å². The van der Waals surface area contributed by atoms with Crippen LogP contribution < -0.4 is 9.47 Å². The minimum Gasteiger partial charge on any atom is -0.490 e. The van der Waals surface area contributed by atoms with Gasteiger partial charge in [0.05, 0.1) is 10.2 Å². The number of urea groups is 1. The number of barbiturate groups is 1. The molecule has 0 saturated carbocycles. The maximum Gasteiger partial charge on any atom is 0.333 e. The van der Waals surface area contributed by atoms with Gasteiger partial charge in [0, 0.05) is 24.7 Å². The van der Waals surface area contributed by atoms with Gasteiger partial charge in [-0.2, -0.15) is 0 Å². The highest BCUT2D eigenvalue weighted by molar-refractivity contribution is 14.1. The van der Waals surface area contributed by atoms with Gasteiger partial charge in [-0.1, -0.05) is 29.8 Å². The number of ether oxygens (including phenoxy) is 2. The highest BCUT2D eigenvalue weighted by Gasteiger charge is 2.37. The fourth-order valence-electron chi connectivity index (χ4n) is 2.98. The van der Waals surface area contributed by atoms with Crippen LogP contribution in [0.3, 0.4) is 0 Å². The minimum absolute atomic E-state index is 0.104. The number of carbonyl (C=O) groups is 3. The van der Waals surface area contributed by atoms with E-state index in [1.165, 1.54) is 20.2 Å². The number of nitrogens with zero attached hydrogens (tertiary/aromatic N) is 2. The molecule has 162 valence electrons. The maximum absolute atomic E-state index is 12.5. The molecule has 0 N–H and O–H groups in total. The van der Waals surface area contributed by atoms with Crippen molar-refractivity contribution in [2.45, 2.75) is 13.5 Å². The molecule has 1 fully saturated rings. The Kier molecular flexibility index (Phi) is 7.22. The molecule has 3 rings (SSSR count). The van der Waals surface area contributed by atoms with E-state index in [1.807, 2.05) is 25.1 Å². The summed E-state index contributed by atoms with van der Waals surface area (Å²) < 4.78 is 12.5. The Morgan fingerprint density at radius 1 is 1.03 bits per heavy atom. The lowest BCUT2D eigenvalue weighted by Gasteiger charge is -2.28. The molecule has 0 bridgehead atoms. The number of hydrogen-bond donors (Lipinski definition) is 0. The minimum atomic E-state index is -0.667. The SMILES string of the molecule is CCOc1cc(C=C2C(=O)N(C)C(=O)N(C)C2=O)cc(I)c1OCc1ccccc1Cl. The van der Waals surface area contributed by atoms with Gasteiger partial charge in [-0.15, -0.1) is 0 Å². The Balaban J connectivity index is 1.95. The molecule has 31 heavy (non-hydrogen) atoms. The van der Waals surface area contributed by atoms with E-state index in [0.29, 0.717) is 28.7 Å². The zero-order valence-corrected chi connectivity index (χ0v) is 20.1. The van der Waals surface area contributed by atoms with Crippen LogP contribution in [0.15, 0.2) is 42.0 Å². The Bertz CT molecular complexity index is 1060. The van der Waals surface area contributed by atoms with Gasteiger partial charge in [0.1, 0.15) is 12.2 Å². The van der Waals surface area contributed by atoms with E-state index in [2.05, 4.69) is 22.6 Å². The summed E-state index contributed by atoms with van der Waals surface area (Å²) in [6, 6.07) is 10.2. The van der Waals surface area contributed by atoms with Crippen molar-refractivity contribution in [3.63, 3.8) is 0 Å². The van der Waals surface area contributed by atoms with Crippen LogP contribution in [0.1, 0.15) is 18.1 Å². The Hall–Kier alpha value is -2.59. The molecule has 1 heterocycles. The Morgan fingerprint density at radius 3 is 2.29 bits per heavy atom. The first-order valence-corrected chi connectivity index (χ1v) is 10.8. The molecule has 0 spiro atoms. The molecule has 0 unspecified atom stereocenters. The molecule has 1 aliphatic heterocycles. The second kappa shape index (κ2) is 9.69. The summed E-state index contributed by atoms with van der Waals surface area (Å²) in [5.74, 6) is -0.294. The Morgan fingerprint density at radius 2 is 1.68 bits per heavy atom. The average Bonchev–Trinajstić information content (AvgIpc) is 2.75. The van der Waals surface area contributed by atoms with Crippen molar-refractivity contribution >= 4 is 58.1 Å². The van der Waals surface area contributed by atoms with E-state index in [0.717, 1.165) is 18.9 Å². The van der Waals surface area contributed by atoms with Crippen molar-refractivity contribution in [2.75, 3.05) is 20.7 Å². The predicted octanol–water partition coefficient (Wildman–Crippen LogP) is 4.36. The number of carbonyl (C=O) groups excluding carboxylic acids is 3. The number of halogens is 2. The summed E-state index contributed by atoms with van der Waals surface area (Å²) in [5.41, 5.74) is 1.31. The molecule has 0 aromatic heterocycles. The van der Waals surface area contributed by atoms with Crippen LogP contribution in [0.25, 0.3) is 6.08 Å². The summed E-state index contributed by atoms with van der Waals surface area (Å²) in [5, 5.41) is 0.605. The van der Waals surface area contributed by atoms with Crippen molar-refractivity contribution < 1.29 is 23.9 Å². The lowest BCUT2D eigenvalue weighted by molar-refractivity contribution is -0.134. The molecular weight excluding hydrogens is 535 g/mol. The largest absolute Gasteiger partial charge is 0.490 e. The van der Waals surface area contributed by atoms with Gasteiger partial charge < -0.3 is 9.47 Å². The molecule has 1 saturated heterocycles. The van der Waals surface area contributed by atoms with Crippen molar-refractivity contribution in [2.24, 2.45) is 0 Å². The van der Waals surface area contributed by atoms with Crippen LogP contribution >= 0.6 is 34.2 Å². The third-order valence-electron chi connectivity index (χ3n) is 4.62. The van der Waals surface area contributed by atoms with E-state index in [4.69, 9.17) is 21.1 Å². The Labute approximate surface area is 198 Å². The molecular formula is C22H20ClIN2O5. The molecule has 7 nitrogen and oxygen atoms in total. The predicted molar refractivity (Wildman–Crippen MR) is 125 cm³/mol. The molecule has 1 aliphatic rings. The monoisotopic (exact) mass is 554 g/mol. The van der Waals surface area contributed by atoms with Crippen LogP contribution in [0.2, 0.25) is 5.02 Å². The second-order valence-corrected chi connectivity index (χ2v) is 8.28. The molecule has 2 aromatic rings. The van der Waals surface area contributed by atoms with Gasteiger partial charge in [0.15, 0.2) is 11.5 Å². The number of rotatable bonds is 6. The van der Waals surface area contributed by atoms with Gasteiger partial charge in [-0.25, -0.2) is 4.79 Å². The molecule has 2 aromatic carbocycles. The van der Waals surface area contributed by atoms with Crippen molar-refractivity contribution in [3.05, 3.63) is 61.7 Å². The van der Waals surface area contributed by atoms with Crippen LogP contribution in [0, 0.1) is 3.57 Å². The quantitative estimate of drug-likeness (QED) is 0.301. The van der Waals surface area contributed by atoms with Gasteiger partial charge in [0.25, 0.3) is 11.8 Å². The smallest absolute Gasteiger partial charge is 0.333 e. The first kappa shape index (κ1) is 23.1. The van der Waals surface area contributed by atoms with E-state index in [9.17, 15) is 14.4 Å². The van der Waals surface area contributed by atoms with Crippen LogP contribution in [0.4, 0.5) is 4.79 Å².